The normalized spacial score (nSPS) is 11.8. The molecule has 0 amide bonds. The van der Waals surface area contributed by atoms with Crippen molar-refractivity contribution < 1.29 is 28.9 Å². The van der Waals surface area contributed by atoms with Crippen LogP contribution < -0.4 is 9.47 Å². The summed E-state index contributed by atoms with van der Waals surface area (Å²) in [7, 11) is 1.36. The summed E-state index contributed by atoms with van der Waals surface area (Å²) in [5.41, 5.74) is 3.56. The summed E-state index contributed by atoms with van der Waals surface area (Å²) in [5, 5.41) is 10.6. The summed E-state index contributed by atoms with van der Waals surface area (Å²) in [6.07, 6.45) is 3.87. The first-order valence-corrected chi connectivity index (χ1v) is 15.1. The van der Waals surface area contributed by atoms with Gasteiger partial charge >= 0.3 is 11.9 Å². The lowest BCUT2D eigenvalue weighted by atomic mass is 9.72. The minimum absolute atomic E-state index is 0.163. The molecule has 0 spiro atoms. The van der Waals surface area contributed by atoms with Crippen LogP contribution in [0.5, 0.6) is 11.5 Å². The average molecular weight is 578 g/mol. The number of aryl methyl sites for hydroxylation is 1. The lowest BCUT2D eigenvalue weighted by molar-refractivity contribution is -0.139. The maximum atomic E-state index is 13.3. The molecule has 2 aromatic carbocycles. The third kappa shape index (κ3) is 7.24. The zero-order chi connectivity index (χ0) is 30.9. The molecule has 0 unspecified atom stereocenters. The second-order valence-electron chi connectivity index (χ2n) is 10.9. The Morgan fingerprint density at radius 3 is 2.10 bits per heavy atom. The Hall–Kier alpha value is -3.58. The number of carbonyl (C=O) groups is 2. The Labute approximate surface area is 250 Å². The number of hydrogen-bond donors (Lipinski definition) is 1. The molecule has 0 aliphatic heterocycles. The number of aliphatic hydroxyl groups is 1. The van der Waals surface area contributed by atoms with Gasteiger partial charge in [0.05, 0.1) is 25.7 Å². The van der Waals surface area contributed by atoms with Crippen LogP contribution in [-0.2, 0) is 27.9 Å². The van der Waals surface area contributed by atoms with Gasteiger partial charge in [-0.1, -0.05) is 52.0 Å². The van der Waals surface area contributed by atoms with Gasteiger partial charge in [0.25, 0.3) is 0 Å². The van der Waals surface area contributed by atoms with Gasteiger partial charge in [-0.25, -0.2) is 4.79 Å². The minimum Gasteiger partial charge on any atom is -0.493 e. The number of benzene rings is 2. The van der Waals surface area contributed by atoms with Crippen molar-refractivity contribution in [3.63, 3.8) is 0 Å². The second-order valence-corrected chi connectivity index (χ2v) is 10.9. The number of ether oxygens (including phenoxy) is 3. The average Bonchev–Trinajstić information content (AvgIpc) is 3.44. The molecule has 0 atom stereocenters. The Morgan fingerprint density at radius 2 is 1.55 bits per heavy atom. The highest BCUT2D eigenvalue weighted by molar-refractivity contribution is 5.90. The van der Waals surface area contributed by atoms with Gasteiger partial charge in [0.2, 0.25) is 0 Å². The molecule has 1 heterocycles. The van der Waals surface area contributed by atoms with Crippen LogP contribution in [0.1, 0.15) is 99.6 Å². The largest absolute Gasteiger partial charge is 0.493 e. The Morgan fingerprint density at radius 1 is 0.881 bits per heavy atom. The van der Waals surface area contributed by atoms with Crippen molar-refractivity contribution in [2.24, 2.45) is 0 Å². The fourth-order valence-corrected chi connectivity index (χ4v) is 5.71. The molecule has 228 valence electrons. The van der Waals surface area contributed by atoms with Crippen molar-refractivity contribution >= 4 is 11.9 Å². The van der Waals surface area contributed by atoms with E-state index in [0.29, 0.717) is 43.9 Å². The molecule has 0 saturated carbocycles. The topological polar surface area (TPSA) is 87.0 Å². The van der Waals surface area contributed by atoms with Crippen molar-refractivity contribution in [2.45, 2.75) is 97.6 Å². The number of hydrogen-bond acceptors (Lipinski definition) is 6. The molecular formula is C35H47NO6. The first-order chi connectivity index (χ1) is 20.1. The van der Waals surface area contributed by atoms with Gasteiger partial charge in [-0.15, -0.1) is 0 Å². The molecule has 3 rings (SSSR count). The van der Waals surface area contributed by atoms with Crippen molar-refractivity contribution in [2.75, 3.05) is 13.7 Å². The van der Waals surface area contributed by atoms with E-state index in [0.717, 1.165) is 35.4 Å². The summed E-state index contributed by atoms with van der Waals surface area (Å²) >= 11 is 0. The van der Waals surface area contributed by atoms with E-state index < -0.39 is 11.6 Å². The van der Waals surface area contributed by atoms with Gasteiger partial charge < -0.3 is 23.9 Å². The third-order valence-corrected chi connectivity index (χ3v) is 8.78. The lowest BCUT2D eigenvalue weighted by Crippen LogP contribution is -2.30. The van der Waals surface area contributed by atoms with E-state index in [1.54, 1.807) is 24.3 Å². The first kappa shape index (κ1) is 32.9. The van der Waals surface area contributed by atoms with E-state index in [4.69, 9.17) is 14.2 Å². The highest BCUT2D eigenvalue weighted by Gasteiger charge is 2.35. The number of aromatic nitrogens is 1. The van der Waals surface area contributed by atoms with Crippen LogP contribution in [0, 0.1) is 6.92 Å². The van der Waals surface area contributed by atoms with Crippen molar-refractivity contribution in [1.82, 2.24) is 4.57 Å². The number of carbonyl (C=O) groups excluding carboxylic acids is 2. The molecule has 0 fully saturated rings. The Kier molecular flexibility index (Phi) is 11.4. The molecule has 7 nitrogen and oxygen atoms in total. The molecule has 1 N–H and O–H groups in total. The summed E-state index contributed by atoms with van der Waals surface area (Å²) < 4.78 is 18.6. The maximum Gasteiger partial charge on any atom is 0.360 e. The lowest BCUT2D eigenvalue weighted by Gasteiger charge is -2.34. The molecule has 0 aliphatic rings. The molecule has 0 saturated heterocycles. The van der Waals surface area contributed by atoms with Gasteiger partial charge in [-0.2, -0.15) is 0 Å². The SMILES string of the molecule is CCn1c(C(=O)Oc2ccc(CC(=O)OC)cc2)ccc1C(CC)(CC)c1ccc(OCCC(O)(CC)CC)c(C)c1. The first-order valence-electron chi connectivity index (χ1n) is 15.1. The highest BCUT2D eigenvalue weighted by Crippen LogP contribution is 2.41. The molecular weight excluding hydrogens is 530 g/mol. The van der Waals surface area contributed by atoms with E-state index in [2.05, 4.69) is 37.5 Å². The summed E-state index contributed by atoms with van der Waals surface area (Å²) in [6, 6.07) is 17.1. The van der Waals surface area contributed by atoms with Crippen LogP contribution in [0.15, 0.2) is 54.6 Å². The quantitative estimate of drug-likeness (QED) is 0.152. The standard InChI is InChI=1S/C35H47NO6/c1-8-34(39,9-2)21-22-41-30-19-15-27(23-25(30)6)35(10-3,11-4)31-20-18-29(36(31)12-5)33(38)42-28-16-13-26(14-17-28)24-32(37)40-7/h13-20,23,39H,8-12,21-22,24H2,1-7H3. The molecule has 7 heteroatoms. The highest BCUT2D eigenvalue weighted by atomic mass is 16.5. The van der Waals surface area contributed by atoms with E-state index in [-0.39, 0.29) is 17.8 Å². The molecule has 0 radical (unpaired) electrons. The monoisotopic (exact) mass is 577 g/mol. The van der Waals surface area contributed by atoms with E-state index >= 15 is 0 Å². The Bertz CT molecular complexity index is 1330. The van der Waals surface area contributed by atoms with Crippen molar-refractivity contribution in [3.8, 4) is 11.5 Å². The number of methoxy groups -OCH3 is 1. The third-order valence-electron chi connectivity index (χ3n) is 8.78. The van der Waals surface area contributed by atoms with Crippen LogP contribution in [0.4, 0.5) is 0 Å². The van der Waals surface area contributed by atoms with Gasteiger partial charge in [-0.05, 0) is 86.6 Å². The van der Waals surface area contributed by atoms with Crippen LogP contribution >= 0.6 is 0 Å². The van der Waals surface area contributed by atoms with Gasteiger partial charge in [0.15, 0.2) is 0 Å². The van der Waals surface area contributed by atoms with E-state index in [1.165, 1.54) is 12.7 Å². The van der Waals surface area contributed by atoms with Crippen LogP contribution in [0.2, 0.25) is 0 Å². The smallest absolute Gasteiger partial charge is 0.360 e. The Balaban J connectivity index is 1.85. The molecule has 0 bridgehead atoms. The van der Waals surface area contributed by atoms with Gasteiger partial charge in [0, 0.05) is 24.1 Å². The summed E-state index contributed by atoms with van der Waals surface area (Å²) in [4.78, 5) is 24.9. The van der Waals surface area contributed by atoms with Gasteiger partial charge in [0.1, 0.15) is 17.2 Å². The maximum absolute atomic E-state index is 13.3. The number of nitrogens with zero attached hydrogens (tertiary/aromatic N) is 1. The van der Waals surface area contributed by atoms with E-state index in [1.807, 2.05) is 39.0 Å². The second kappa shape index (κ2) is 14.5. The zero-order valence-electron chi connectivity index (χ0n) is 26.3. The molecule has 0 aliphatic carbocycles. The predicted octanol–water partition coefficient (Wildman–Crippen LogP) is 7.18. The zero-order valence-corrected chi connectivity index (χ0v) is 26.3. The molecule has 1 aromatic heterocycles. The fourth-order valence-electron chi connectivity index (χ4n) is 5.71. The van der Waals surface area contributed by atoms with E-state index in [9.17, 15) is 14.7 Å². The molecule has 3 aromatic rings. The van der Waals surface area contributed by atoms with Crippen molar-refractivity contribution in [1.29, 1.82) is 0 Å². The summed E-state index contributed by atoms with van der Waals surface area (Å²) in [5.74, 6) is 0.488. The fraction of sp³-hybridized carbons (Fsp3) is 0.486. The molecule has 42 heavy (non-hydrogen) atoms. The predicted molar refractivity (Wildman–Crippen MR) is 165 cm³/mol. The number of esters is 2. The van der Waals surface area contributed by atoms with Gasteiger partial charge in [-0.3, -0.25) is 4.79 Å². The van der Waals surface area contributed by atoms with Crippen LogP contribution in [-0.4, -0.2) is 40.9 Å². The van der Waals surface area contributed by atoms with Crippen LogP contribution in [0.25, 0.3) is 0 Å². The summed E-state index contributed by atoms with van der Waals surface area (Å²) in [6.45, 7) is 13.5. The van der Waals surface area contributed by atoms with Crippen LogP contribution in [0.3, 0.4) is 0 Å². The van der Waals surface area contributed by atoms with Crippen molar-refractivity contribution in [3.05, 3.63) is 82.7 Å². The number of rotatable bonds is 15. The minimum atomic E-state index is -0.689.